The van der Waals surface area contributed by atoms with Gasteiger partial charge in [0.2, 0.25) is 0 Å². The molecule has 0 aliphatic heterocycles. The lowest BCUT2D eigenvalue weighted by Crippen LogP contribution is -2.80. The zero-order chi connectivity index (χ0) is 11.4. The van der Waals surface area contributed by atoms with Crippen LogP contribution in [0, 0.1) is 12.7 Å². The summed E-state index contributed by atoms with van der Waals surface area (Å²) >= 11 is 1.80. The van der Waals surface area contributed by atoms with Crippen LogP contribution in [-0.4, -0.2) is 0 Å². The van der Waals surface area contributed by atoms with Crippen LogP contribution >= 0.6 is 11.3 Å². The van der Waals surface area contributed by atoms with Crippen molar-refractivity contribution in [2.75, 3.05) is 0 Å². The minimum atomic E-state index is -0.169. The Hall–Kier alpha value is -1.19. The van der Waals surface area contributed by atoms with Gasteiger partial charge in [-0.1, -0.05) is 12.1 Å². The first-order valence-electron chi connectivity index (χ1n) is 5.35. The Balaban J connectivity index is 1.84. The molecule has 2 N–H and O–H groups in total. The zero-order valence-electron chi connectivity index (χ0n) is 9.24. The summed E-state index contributed by atoms with van der Waals surface area (Å²) in [5, 5.41) is 4.36. The summed E-state index contributed by atoms with van der Waals surface area (Å²) in [6.45, 7) is 4.04. The number of thiophene rings is 1. The van der Waals surface area contributed by atoms with Gasteiger partial charge in [0, 0.05) is 5.56 Å². The van der Waals surface area contributed by atoms with Crippen LogP contribution in [0.1, 0.15) is 16.0 Å². The second-order valence-corrected chi connectivity index (χ2v) is 4.85. The SMILES string of the molecule is Cc1ccsc1C[NH2+]Cc1ccc(F)cc1. The van der Waals surface area contributed by atoms with Crippen LogP contribution in [0.5, 0.6) is 0 Å². The summed E-state index contributed by atoms with van der Waals surface area (Å²) in [6, 6.07) is 8.85. The molecule has 16 heavy (non-hydrogen) atoms. The van der Waals surface area contributed by atoms with Crippen LogP contribution in [0.25, 0.3) is 0 Å². The van der Waals surface area contributed by atoms with Crippen molar-refractivity contribution < 1.29 is 9.71 Å². The molecule has 0 unspecified atom stereocenters. The highest BCUT2D eigenvalue weighted by molar-refractivity contribution is 7.10. The van der Waals surface area contributed by atoms with Crippen LogP contribution < -0.4 is 5.32 Å². The highest BCUT2D eigenvalue weighted by atomic mass is 32.1. The van der Waals surface area contributed by atoms with E-state index in [0.717, 1.165) is 18.7 Å². The van der Waals surface area contributed by atoms with E-state index in [1.54, 1.807) is 11.3 Å². The number of nitrogens with two attached hydrogens (primary N) is 1. The fraction of sp³-hybridized carbons (Fsp3) is 0.231. The van der Waals surface area contributed by atoms with Crippen molar-refractivity contribution in [3.05, 3.63) is 57.5 Å². The van der Waals surface area contributed by atoms with E-state index < -0.39 is 0 Å². The third-order valence-corrected chi connectivity index (χ3v) is 3.64. The van der Waals surface area contributed by atoms with Gasteiger partial charge in [-0.25, -0.2) is 4.39 Å². The summed E-state index contributed by atoms with van der Waals surface area (Å²) in [5.74, 6) is -0.169. The first kappa shape index (κ1) is 11.3. The second-order valence-electron chi connectivity index (χ2n) is 3.85. The van der Waals surface area contributed by atoms with E-state index in [2.05, 4.69) is 23.7 Å². The largest absolute Gasteiger partial charge is 0.338 e. The van der Waals surface area contributed by atoms with E-state index in [0.29, 0.717) is 0 Å². The normalized spacial score (nSPS) is 10.6. The monoisotopic (exact) mass is 236 g/mol. The Morgan fingerprint density at radius 2 is 1.88 bits per heavy atom. The van der Waals surface area contributed by atoms with Crippen LogP contribution in [0.3, 0.4) is 0 Å². The van der Waals surface area contributed by atoms with Crippen molar-refractivity contribution in [3.63, 3.8) is 0 Å². The number of hydrogen-bond acceptors (Lipinski definition) is 1. The molecule has 0 aliphatic rings. The van der Waals surface area contributed by atoms with Crippen molar-refractivity contribution in [2.24, 2.45) is 0 Å². The van der Waals surface area contributed by atoms with Crippen molar-refractivity contribution in [1.82, 2.24) is 0 Å². The Bertz CT molecular complexity index is 447. The van der Waals surface area contributed by atoms with Gasteiger partial charge in [-0.15, -0.1) is 11.3 Å². The number of halogens is 1. The number of aryl methyl sites for hydroxylation is 1. The summed E-state index contributed by atoms with van der Waals surface area (Å²) in [5.41, 5.74) is 2.52. The molecule has 3 heteroatoms. The number of quaternary nitrogens is 1. The molecule has 1 nitrogen and oxygen atoms in total. The molecule has 84 valence electrons. The lowest BCUT2D eigenvalue weighted by Gasteiger charge is -2.01. The Morgan fingerprint density at radius 1 is 1.12 bits per heavy atom. The zero-order valence-corrected chi connectivity index (χ0v) is 10.1. The number of rotatable bonds is 4. The van der Waals surface area contributed by atoms with Crippen LogP contribution in [-0.2, 0) is 13.1 Å². The van der Waals surface area contributed by atoms with E-state index in [9.17, 15) is 4.39 Å². The fourth-order valence-electron chi connectivity index (χ4n) is 1.60. The average molecular weight is 236 g/mol. The molecule has 0 atom stereocenters. The molecule has 2 aromatic rings. The highest BCUT2D eigenvalue weighted by Crippen LogP contribution is 2.13. The Morgan fingerprint density at radius 3 is 2.50 bits per heavy atom. The third kappa shape index (κ3) is 2.90. The van der Waals surface area contributed by atoms with Crippen LogP contribution in [0.2, 0.25) is 0 Å². The maximum Gasteiger partial charge on any atom is 0.123 e. The van der Waals surface area contributed by atoms with Gasteiger partial charge in [0.25, 0.3) is 0 Å². The predicted molar refractivity (Wildman–Crippen MR) is 64.8 cm³/mol. The van der Waals surface area contributed by atoms with Gasteiger partial charge >= 0.3 is 0 Å². The standard InChI is InChI=1S/C13H14FNS/c1-10-6-7-16-13(10)9-15-8-11-2-4-12(14)5-3-11/h2-7,15H,8-9H2,1H3/p+1. The molecule has 0 saturated carbocycles. The molecular weight excluding hydrogens is 221 g/mol. The number of hydrogen-bond donors (Lipinski definition) is 1. The van der Waals surface area contributed by atoms with Crippen molar-refractivity contribution >= 4 is 11.3 Å². The molecule has 0 spiro atoms. The lowest BCUT2D eigenvalue weighted by molar-refractivity contribution is -0.685. The highest BCUT2D eigenvalue weighted by Gasteiger charge is 2.02. The Kier molecular flexibility index (Phi) is 3.70. The topological polar surface area (TPSA) is 16.6 Å². The third-order valence-electron chi connectivity index (χ3n) is 2.59. The molecule has 0 saturated heterocycles. The molecule has 0 bridgehead atoms. The van der Waals surface area contributed by atoms with Gasteiger partial charge in [0.05, 0.1) is 4.88 Å². The summed E-state index contributed by atoms with van der Waals surface area (Å²) in [6.07, 6.45) is 0. The van der Waals surface area contributed by atoms with Crippen molar-refractivity contribution in [3.8, 4) is 0 Å². The summed E-state index contributed by atoms with van der Waals surface area (Å²) in [4.78, 5) is 1.42. The van der Waals surface area contributed by atoms with Crippen LogP contribution in [0.4, 0.5) is 4.39 Å². The summed E-state index contributed by atoms with van der Waals surface area (Å²) < 4.78 is 12.7. The molecule has 0 amide bonds. The van der Waals surface area contributed by atoms with Gasteiger partial charge < -0.3 is 5.32 Å². The number of benzene rings is 1. The van der Waals surface area contributed by atoms with Gasteiger partial charge in [-0.3, -0.25) is 0 Å². The first-order valence-corrected chi connectivity index (χ1v) is 6.23. The van der Waals surface area contributed by atoms with Crippen molar-refractivity contribution in [2.45, 2.75) is 20.0 Å². The molecule has 1 heterocycles. The molecule has 2 rings (SSSR count). The fourth-order valence-corrected chi connectivity index (χ4v) is 2.51. The molecular formula is C13H15FNS+. The van der Waals surface area contributed by atoms with E-state index >= 15 is 0 Å². The molecule has 0 radical (unpaired) electrons. The molecule has 0 fully saturated rings. The van der Waals surface area contributed by atoms with E-state index in [4.69, 9.17) is 0 Å². The maximum atomic E-state index is 12.7. The van der Waals surface area contributed by atoms with Gasteiger partial charge in [0.1, 0.15) is 18.9 Å². The van der Waals surface area contributed by atoms with E-state index in [-0.39, 0.29) is 5.82 Å². The molecule has 0 aliphatic carbocycles. The second kappa shape index (κ2) is 5.23. The van der Waals surface area contributed by atoms with Crippen molar-refractivity contribution in [1.29, 1.82) is 0 Å². The van der Waals surface area contributed by atoms with Gasteiger partial charge in [0.15, 0.2) is 0 Å². The smallest absolute Gasteiger partial charge is 0.123 e. The predicted octanol–water partition coefficient (Wildman–Crippen LogP) is 2.46. The minimum Gasteiger partial charge on any atom is -0.338 e. The lowest BCUT2D eigenvalue weighted by atomic mass is 10.2. The Labute approximate surface area is 98.9 Å². The van der Waals surface area contributed by atoms with E-state index in [1.165, 1.54) is 22.6 Å². The van der Waals surface area contributed by atoms with Gasteiger partial charge in [-0.2, -0.15) is 0 Å². The molecule has 1 aromatic heterocycles. The van der Waals surface area contributed by atoms with Crippen LogP contribution in [0.15, 0.2) is 35.7 Å². The quantitative estimate of drug-likeness (QED) is 0.840. The molecule has 1 aromatic carbocycles. The summed E-state index contributed by atoms with van der Waals surface area (Å²) in [7, 11) is 0. The first-order chi connectivity index (χ1) is 7.75. The average Bonchev–Trinajstić information content (AvgIpc) is 2.68. The van der Waals surface area contributed by atoms with E-state index in [1.807, 2.05) is 12.1 Å². The minimum absolute atomic E-state index is 0.169. The maximum absolute atomic E-state index is 12.7. The van der Waals surface area contributed by atoms with Gasteiger partial charge in [-0.05, 0) is 36.1 Å².